The van der Waals surface area contributed by atoms with Gasteiger partial charge in [-0.2, -0.15) is 7.82 Å². The average Bonchev–Trinajstić information content (AvgIpc) is 0.722. The van der Waals surface area contributed by atoms with Gasteiger partial charge < -0.3 is 19.2 Å². The summed E-state index contributed by atoms with van der Waals surface area (Å²) in [6.07, 6.45) is 0. The molecule has 4 nitrogen and oxygen atoms in total. The molecule has 0 heterocycles. The van der Waals surface area contributed by atoms with E-state index in [1.165, 1.54) is 0 Å². The van der Waals surface area contributed by atoms with Gasteiger partial charge >= 0.3 is 23.9 Å². The second kappa shape index (κ2) is 2.98. The minimum Gasteiger partial charge on any atom is -0.822 e. The first-order valence-electron chi connectivity index (χ1n) is 0.730. The van der Waals surface area contributed by atoms with E-state index in [1.54, 1.807) is 0 Å². The quantitative estimate of drug-likeness (QED) is 0.313. The van der Waals surface area contributed by atoms with Gasteiger partial charge in [0, 0.05) is 0 Å². The fourth-order valence-corrected chi connectivity index (χ4v) is 0. The summed E-state index contributed by atoms with van der Waals surface area (Å²) in [6, 6.07) is 0. The Hall–Kier alpha value is 0.909. The summed E-state index contributed by atoms with van der Waals surface area (Å²) in [7, 11) is -5.39. The molecular weight excluding hydrogens is 214 g/mol. The molecule has 0 fully saturated rings. The Morgan fingerprint density at radius 2 is 1.17 bits per heavy atom. The van der Waals surface area contributed by atoms with Gasteiger partial charge in [-0.15, -0.1) is 0 Å². The van der Waals surface area contributed by atoms with Crippen LogP contribution in [0.15, 0.2) is 0 Å². The first-order valence-corrected chi connectivity index (χ1v) is 2.19. The van der Waals surface area contributed by atoms with E-state index in [9.17, 15) is 0 Å². The molecule has 0 aromatic carbocycles. The molecule has 0 saturated heterocycles. The van der Waals surface area contributed by atoms with Crippen LogP contribution >= 0.6 is 7.82 Å². The zero-order valence-corrected chi connectivity index (χ0v) is 6.33. The summed E-state index contributed by atoms with van der Waals surface area (Å²) < 4.78 is 8.55. The Kier molecular flexibility index (Phi) is 4.98. The molecule has 6 heteroatoms. The van der Waals surface area contributed by atoms with Crippen LogP contribution in [-0.2, 0) is 4.57 Å². The average molecular weight is 214 g/mol. The molecule has 0 aromatic heterocycles. The van der Waals surface area contributed by atoms with Gasteiger partial charge in [0.1, 0.15) is 0 Å². The predicted molar refractivity (Wildman–Crippen MR) is 13.4 cm³/mol. The summed E-state index contributed by atoms with van der Waals surface area (Å²) >= 11 is 0. The molecule has 0 aromatic rings. The maximum Gasteiger partial charge on any atom is 3.00 e. The molecule has 0 saturated carbocycles. The van der Waals surface area contributed by atoms with E-state index in [0.29, 0.717) is 0 Å². The first-order chi connectivity index (χ1) is 2.00. The van der Waals surface area contributed by atoms with E-state index in [1.807, 2.05) is 0 Å². The van der Waals surface area contributed by atoms with Crippen LogP contribution < -0.4 is 14.7 Å². The van der Waals surface area contributed by atoms with Gasteiger partial charge in [0.05, 0.1) is 0 Å². The first kappa shape index (κ1) is 10.0. The van der Waals surface area contributed by atoms with Gasteiger partial charge in [0.2, 0.25) is 0 Å². The number of hydrogen-bond donors (Lipinski definition) is 0. The van der Waals surface area contributed by atoms with Crippen molar-refractivity contribution in [2.45, 2.75) is 0 Å². The molecule has 0 aliphatic rings. The largest absolute Gasteiger partial charge is 3.00 e. The van der Waals surface area contributed by atoms with E-state index in [2.05, 4.69) is 0 Å². The van der Waals surface area contributed by atoms with Crippen LogP contribution in [-0.4, -0.2) is 23.9 Å². The third kappa shape index (κ3) is 90.8. The smallest absolute Gasteiger partial charge is 0.822 e. The van der Waals surface area contributed by atoms with Crippen molar-refractivity contribution >= 4 is 31.7 Å². The zero-order valence-electron chi connectivity index (χ0n) is 2.58. The normalized spacial score (nSPS) is 9.83. The molecule has 0 N–H and O–H groups in total. The van der Waals surface area contributed by atoms with Gasteiger partial charge in [-0.05, 0) is 0 Å². The van der Waals surface area contributed by atoms with E-state index >= 15 is 0 Å². The van der Waals surface area contributed by atoms with Gasteiger partial charge in [-0.1, -0.05) is 0 Å². The van der Waals surface area contributed by atoms with Crippen molar-refractivity contribution in [2.75, 3.05) is 0 Å². The second-order valence-corrected chi connectivity index (χ2v) is 1.34. The van der Waals surface area contributed by atoms with Gasteiger partial charge in [-0.3, -0.25) is 0 Å². The fourth-order valence-electron chi connectivity index (χ4n) is 0. The maximum absolute atomic E-state index is 8.55. The van der Waals surface area contributed by atoms with Gasteiger partial charge in [0.15, 0.2) is 0 Å². The summed E-state index contributed by atoms with van der Waals surface area (Å²) in [6.45, 7) is 0. The van der Waals surface area contributed by atoms with Crippen molar-refractivity contribution in [3.05, 3.63) is 0 Å². The molecular formula is O4PSn. The monoisotopic (exact) mass is 215 g/mol. The SMILES string of the molecule is O=P([O-])([O-])[O-].[Sn+3]. The van der Waals surface area contributed by atoms with E-state index in [4.69, 9.17) is 19.2 Å². The molecule has 0 aliphatic heterocycles. The van der Waals surface area contributed by atoms with Crippen LogP contribution in [0.2, 0.25) is 0 Å². The Morgan fingerprint density at radius 3 is 1.17 bits per heavy atom. The van der Waals surface area contributed by atoms with E-state index < -0.39 is 7.82 Å². The Morgan fingerprint density at radius 1 is 1.17 bits per heavy atom. The Bertz CT molecular complexity index is 53.7. The summed E-state index contributed by atoms with van der Waals surface area (Å²) in [4.78, 5) is 25.6. The maximum atomic E-state index is 8.55. The van der Waals surface area contributed by atoms with Crippen LogP contribution in [0.5, 0.6) is 0 Å². The molecule has 0 spiro atoms. The molecule has 0 atom stereocenters. The number of phosphoric acid groups is 1. The van der Waals surface area contributed by atoms with Crippen molar-refractivity contribution in [1.82, 2.24) is 0 Å². The minimum atomic E-state index is -5.39. The number of hydrogen-bond acceptors (Lipinski definition) is 4. The van der Waals surface area contributed by atoms with Crippen LogP contribution in [0.3, 0.4) is 0 Å². The molecule has 1 radical (unpaired) electrons. The van der Waals surface area contributed by atoms with Gasteiger partial charge in [-0.25, -0.2) is 0 Å². The van der Waals surface area contributed by atoms with Crippen molar-refractivity contribution in [1.29, 1.82) is 0 Å². The van der Waals surface area contributed by atoms with Crippen LogP contribution in [0.4, 0.5) is 0 Å². The van der Waals surface area contributed by atoms with Crippen molar-refractivity contribution in [3.63, 3.8) is 0 Å². The van der Waals surface area contributed by atoms with Crippen LogP contribution in [0, 0.1) is 0 Å². The summed E-state index contributed by atoms with van der Waals surface area (Å²) in [5, 5.41) is 0. The third-order valence-electron chi connectivity index (χ3n) is 0. The molecule has 33 valence electrons. The summed E-state index contributed by atoms with van der Waals surface area (Å²) in [5.41, 5.74) is 0. The molecule has 0 amide bonds. The molecule has 0 rings (SSSR count). The molecule has 0 aliphatic carbocycles. The topological polar surface area (TPSA) is 86.2 Å². The molecule has 0 unspecified atom stereocenters. The second-order valence-electron chi connectivity index (χ2n) is 0.447. The standard InChI is InChI=1S/H3O4P.Sn/c1-5(2,3)4;/h(H3,1,2,3,4);/q;+3/p-3. The minimum absolute atomic E-state index is 0. The third-order valence-corrected chi connectivity index (χ3v) is 0. The Labute approximate surface area is 51.4 Å². The zero-order chi connectivity index (χ0) is 4.50. The predicted octanol–water partition coefficient (Wildman–Crippen LogP) is -3.21. The molecule has 0 bridgehead atoms. The van der Waals surface area contributed by atoms with Crippen molar-refractivity contribution in [2.24, 2.45) is 0 Å². The van der Waals surface area contributed by atoms with E-state index in [-0.39, 0.29) is 23.9 Å². The van der Waals surface area contributed by atoms with Crippen molar-refractivity contribution < 1.29 is 19.2 Å². The van der Waals surface area contributed by atoms with E-state index in [0.717, 1.165) is 0 Å². The number of rotatable bonds is 0. The van der Waals surface area contributed by atoms with Crippen LogP contribution in [0.1, 0.15) is 0 Å². The Balaban J connectivity index is 0. The van der Waals surface area contributed by atoms with Crippen molar-refractivity contribution in [3.8, 4) is 0 Å². The summed E-state index contributed by atoms with van der Waals surface area (Å²) in [5.74, 6) is 0. The van der Waals surface area contributed by atoms with Crippen LogP contribution in [0.25, 0.3) is 0 Å². The molecule has 6 heavy (non-hydrogen) atoms. The van der Waals surface area contributed by atoms with Gasteiger partial charge in [0.25, 0.3) is 0 Å². The fraction of sp³-hybridized carbons (Fsp3) is 0.